The van der Waals surface area contributed by atoms with Gasteiger partial charge < -0.3 is 10.6 Å². The Morgan fingerprint density at radius 2 is 1.52 bits per heavy atom. The van der Waals surface area contributed by atoms with Gasteiger partial charge in [0, 0.05) is 10.5 Å². The van der Waals surface area contributed by atoms with Crippen molar-refractivity contribution in [2.24, 2.45) is 0 Å². The third-order valence-electron chi connectivity index (χ3n) is 4.60. The number of carbonyl (C=O) groups is 2. The standard InChI is InChI=1S/C24H24BrN3O4S/c1-17(2)26-24(30)21-10-6-7-11-22(21)27-23(29)16-28(19-14-12-18(25)13-15-19)33(31,32)20-8-4-3-5-9-20/h3-15,17H,16H2,1-2H3,(H,26,30)(H,27,29). The summed E-state index contributed by atoms with van der Waals surface area (Å²) in [6, 6.07) is 21.0. The summed E-state index contributed by atoms with van der Waals surface area (Å²) in [6.07, 6.45) is 0. The van der Waals surface area contributed by atoms with E-state index in [4.69, 9.17) is 0 Å². The van der Waals surface area contributed by atoms with Gasteiger partial charge in [0.25, 0.3) is 15.9 Å². The van der Waals surface area contributed by atoms with Gasteiger partial charge in [0.1, 0.15) is 6.54 Å². The molecule has 0 fully saturated rings. The van der Waals surface area contributed by atoms with Crippen molar-refractivity contribution in [2.75, 3.05) is 16.2 Å². The summed E-state index contributed by atoms with van der Waals surface area (Å²) in [7, 11) is -4.02. The predicted octanol–water partition coefficient (Wildman–Crippen LogP) is 4.42. The first kappa shape index (κ1) is 24.5. The summed E-state index contributed by atoms with van der Waals surface area (Å²) >= 11 is 3.34. The molecular weight excluding hydrogens is 506 g/mol. The van der Waals surface area contributed by atoms with Crippen LogP contribution in [0.3, 0.4) is 0 Å². The number of amides is 2. The monoisotopic (exact) mass is 529 g/mol. The van der Waals surface area contributed by atoms with E-state index in [9.17, 15) is 18.0 Å². The largest absolute Gasteiger partial charge is 0.350 e. The molecule has 33 heavy (non-hydrogen) atoms. The van der Waals surface area contributed by atoms with Crippen LogP contribution in [0, 0.1) is 0 Å². The predicted molar refractivity (Wildman–Crippen MR) is 133 cm³/mol. The molecule has 0 heterocycles. The second-order valence-electron chi connectivity index (χ2n) is 7.52. The minimum absolute atomic E-state index is 0.0671. The smallest absolute Gasteiger partial charge is 0.264 e. The number of hydrogen-bond acceptors (Lipinski definition) is 4. The first-order chi connectivity index (χ1) is 15.7. The highest BCUT2D eigenvalue weighted by atomic mass is 79.9. The van der Waals surface area contributed by atoms with E-state index in [-0.39, 0.29) is 16.8 Å². The second kappa shape index (κ2) is 10.6. The van der Waals surface area contributed by atoms with Crippen LogP contribution in [0.1, 0.15) is 24.2 Å². The highest BCUT2D eigenvalue weighted by Gasteiger charge is 2.27. The molecule has 0 saturated carbocycles. The lowest BCUT2D eigenvalue weighted by Gasteiger charge is -2.24. The maximum Gasteiger partial charge on any atom is 0.264 e. The average Bonchev–Trinajstić information content (AvgIpc) is 2.78. The maximum atomic E-state index is 13.4. The number of hydrogen-bond donors (Lipinski definition) is 2. The molecule has 0 aliphatic carbocycles. The van der Waals surface area contributed by atoms with Crippen molar-refractivity contribution in [2.45, 2.75) is 24.8 Å². The van der Waals surface area contributed by atoms with E-state index in [1.54, 1.807) is 66.7 Å². The van der Waals surface area contributed by atoms with Gasteiger partial charge in [-0.2, -0.15) is 0 Å². The van der Waals surface area contributed by atoms with E-state index in [1.807, 2.05) is 13.8 Å². The quantitative estimate of drug-likeness (QED) is 0.451. The fourth-order valence-electron chi connectivity index (χ4n) is 3.09. The Morgan fingerprint density at radius 1 is 0.909 bits per heavy atom. The number of para-hydroxylation sites is 1. The van der Waals surface area contributed by atoms with Gasteiger partial charge in [-0.15, -0.1) is 0 Å². The molecule has 2 N–H and O–H groups in total. The summed E-state index contributed by atoms with van der Waals surface area (Å²) in [5.41, 5.74) is 0.928. The van der Waals surface area contributed by atoms with Gasteiger partial charge in [-0.05, 0) is 62.4 Å². The minimum atomic E-state index is -4.02. The number of nitrogens with one attached hydrogen (secondary N) is 2. The van der Waals surface area contributed by atoms with Crippen LogP contribution in [-0.4, -0.2) is 32.8 Å². The molecule has 172 valence electrons. The van der Waals surface area contributed by atoms with E-state index in [0.29, 0.717) is 16.9 Å². The number of sulfonamides is 1. The van der Waals surface area contributed by atoms with E-state index in [2.05, 4.69) is 26.6 Å². The number of halogens is 1. The second-order valence-corrected chi connectivity index (χ2v) is 10.3. The van der Waals surface area contributed by atoms with Gasteiger partial charge in [-0.25, -0.2) is 8.42 Å². The highest BCUT2D eigenvalue weighted by molar-refractivity contribution is 9.10. The fraction of sp³-hybridized carbons (Fsp3) is 0.167. The average molecular weight is 530 g/mol. The molecule has 3 aromatic carbocycles. The van der Waals surface area contributed by atoms with E-state index in [0.717, 1.165) is 8.78 Å². The molecule has 0 saturated heterocycles. The number of rotatable bonds is 8. The number of nitrogens with zero attached hydrogens (tertiary/aromatic N) is 1. The molecule has 7 nitrogen and oxygen atoms in total. The number of carbonyl (C=O) groups excluding carboxylic acids is 2. The molecular formula is C24H24BrN3O4S. The molecule has 3 aromatic rings. The van der Waals surface area contributed by atoms with Crippen LogP contribution in [0.25, 0.3) is 0 Å². The molecule has 0 aliphatic heterocycles. The first-order valence-electron chi connectivity index (χ1n) is 10.2. The van der Waals surface area contributed by atoms with Crippen molar-refractivity contribution >= 4 is 49.1 Å². The van der Waals surface area contributed by atoms with Gasteiger partial charge in [-0.1, -0.05) is 46.3 Å². The summed E-state index contributed by atoms with van der Waals surface area (Å²) in [6.45, 7) is 3.20. The minimum Gasteiger partial charge on any atom is -0.350 e. The third-order valence-corrected chi connectivity index (χ3v) is 6.92. The lowest BCUT2D eigenvalue weighted by Crippen LogP contribution is -2.38. The molecule has 2 amide bonds. The van der Waals surface area contributed by atoms with Gasteiger partial charge >= 0.3 is 0 Å². The molecule has 0 radical (unpaired) electrons. The lowest BCUT2D eigenvalue weighted by molar-refractivity contribution is -0.114. The molecule has 0 unspecified atom stereocenters. The Balaban J connectivity index is 1.91. The normalized spacial score (nSPS) is 11.2. The molecule has 0 aliphatic rings. The van der Waals surface area contributed by atoms with E-state index >= 15 is 0 Å². The molecule has 0 bridgehead atoms. The Hall–Kier alpha value is -3.17. The Labute approximate surface area is 202 Å². The van der Waals surface area contributed by atoms with Crippen LogP contribution in [0.5, 0.6) is 0 Å². The van der Waals surface area contributed by atoms with Gasteiger partial charge in [0.05, 0.1) is 21.8 Å². The molecule has 3 rings (SSSR count). The Bertz CT molecular complexity index is 1230. The van der Waals surface area contributed by atoms with Crippen LogP contribution in [-0.2, 0) is 14.8 Å². The lowest BCUT2D eigenvalue weighted by atomic mass is 10.1. The summed E-state index contributed by atoms with van der Waals surface area (Å²) < 4.78 is 28.6. The van der Waals surface area contributed by atoms with Crippen LogP contribution in [0.15, 0.2) is 88.2 Å². The van der Waals surface area contributed by atoms with Crippen molar-refractivity contribution in [3.63, 3.8) is 0 Å². The van der Waals surface area contributed by atoms with Crippen LogP contribution >= 0.6 is 15.9 Å². The topological polar surface area (TPSA) is 95.6 Å². The highest BCUT2D eigenvalue weighted by Crippen LogP contribution is 2.25. The van der Waals surface area contributed by atoms with Crippen molar-refractivity contribution in [1.29, 1.82) is 0 Å². The van der Waals surface area contributed by atoms with Crippen molar-refractivity contribution in [3.05, 3.63) is 88.9 Å². The van der Waals surface area contributed by atoms with E-state index < -0.39 is 22.5 Å². The van der Waals surface area contributed by atoms with Gasteiger partial charge in [0.15, 0.2) is 0 Å². The van der Waals surface area contributed by atoms with Crippen molar-refractivity contribution < 1.29 is 18.0 Å². The first-order valence-corrected chi connectivity index (χ1v) is 12.4. The Morgan fingerprint density at radius 3 is 2.15 bits per heavy atom. The molecule has 9 heteroatoms. The SMILES string of the molecule is CC(C)NC(=O)c1ccccc1NC(=O)CN(c1ccc(Br)cc1)S(=O)(=O)c1ccccc1. The third kappa shape index (κ3) is 6.21. The number of benzene rings is 3. The van der Waals surface area contributed by atoms with Crippen molar-refractivity contribution in [3.8, 4) is 0 Å². The van der Waals surface area contributed by atoms with E-state index in [1.165, 1.54) is 12.1 Å². The van der Waals surface area contributed by atoms with Crippen LogP contribution in [0.4, 0.5) is 11.4 Å². The molecule has 0 spiro atoms. The zero-order valence-electron chi connectivity index (χ0n) is 18.2. The Kier molecular flexibility index (Phi) is 7.88. The zero-order chi connectivity index (χ0) is 24.0. The summed E-state index contributed by atoms with van der Waals surface area (Å²) in [5.74, 6) is -0.912. The zero-order valence-corrected chi connectivity index (χ0v) is 20.6. The van der Waals surface area contributed by atoms with Gasteiger partial charge in [0.2, 0.25) is 5.91 Å². The van der Waals surface area contributed by atoms with Gasteiger partial charge in [-0.3, -0.25) is 13.9 Å². The maximum absolute atomic E-state index is 13.4. The van der Waals surface area contributed by atoms with Crippen LogP contribution in [0.2, 0.25) is 0 Å². The molecule has 0 atom stereocenters. The summed E-state index contributed by atoms with van der Waals surface area (Å²) in [5, 5.41) is 5.47. The van der Waals surface area contributed by atoms with Crippen molar-refractivity contribution in [1.82, 2.24) is 5.32 Å². The number of anilines is 2. The molecule has 0 aromatic heterocycles. The summed E-state index contributed by atoms with van der Waals surface area (Å²) in [4.78, 5) is 25.6. The fourth-order valence-corrected chi connectivity index (χ4v) is 4.80. The van der Waals surface area contributed by atoms with Crippen LogP contribution < -0.4 is 14.9 Å².